The van der Waals surface area contributed by atoms with Crippen LogP contribution in [-0.2, 0) is 14.8 Å². The summed E-state index contributed by atoms with van der Waals surface area (Å²) in [5, 5.41) is 6.76. The summed E-state index contributed by atoms with van der Waals surface area (Å²) in [5.41, 5.74) is 1.95. The zero-order valence-electron chi connectivity index (χ0n) is 21.8. The molecule has 1 fully saturated rings. The number of ether oxygens (including phenoxy) is 1. The van der Waals surface area contributed by atoms with E-state index in [0.717, 1.165) is 27.1 Å². The number of fused-ring (bicyclic) bond motifs is 4. The van der Waals surface area contributed by atoms with Crippen molar-refractivity contribution in [1.29, 1.82) is 0 Å². The van der Waals surface area contributed by atoms with Crippen LogP contribution in [0.2, 0.25) is 0 Å². The quantitative estimate of drug-likeness (QED) is 0.321. The van der Waals surface area contributed by atoms with E-state index in [1.54, 1.807) is 25.3 Å². The molecule has 1 atom stereocenters. The normalized spacial score (nSPS) is 16.1. The van der Waals surface area contributed by atoms with Crippen molar-refractivity contribution in [2.75, 3.05) is 38.6 Å². The van der Waals surface area contributed by atoms with Crippen molar-refractivity contribution >= 4 is 54.3 Å². The number of methoxy groups -OCH3 is 1. The number of carbonyl (C=O) groups is 1. The minimum atomic E-state index is -3.63. The number of piperazine rings is 1. The molecule has 39 heavy (non-hydrogen) atoms. The van der Waals surface area contributed by atoms with Gasteiger partial charge in [0.1, 0.15) is 16.9 Å². The Morgan fingerprint density at radius 1 is 0.872 bits per heavy atom. The van der Waals surface area contributed by atoms with Crippen LogP contribution in [0.3, 0.4) is 0 Å². The molecule has 1 aromatic heterocycles. The molecular formula is C30H29N3O5S. The highest BCUT2D eigenvalue weighted by Crippen LogP contribution is 2.36. The van der Waals surface area contributed by atoms with Gasteiger partial charge >= 0.3 is 0 Å². The van der Waals surface area contributed by atoms with Crippen molar-refractivity contribution in [3.63, 3.8) is 0 Å². The predicted octanol–water partition coefficient (Wildman–Crippen LogP) is 5.08. The Morgan fingerprint density at radius 3 is 2.36 bits per heavy atom. The van der Waals surface area contributed by atoms with E-state index in [0.29, 0.717) is 43.2 Å². The van der Waals surface area contributed by atoms with E-state index in [-0.39, 0.29) is 10.8 Å². The fourth-order valence-corrected chi connectivity index (χ4v) is 6.69. The van der Waals surface area contributed by atoms with Crippen LogP contribution >= 0.6 is 0 Å². The Labute approximate surface area is 226 Å². The second kappa shape index (κ2) is 10.00. The van der Waals surface area contributed by atoms with Crippen molar-refractivity contribution in [2.45, 2.75) is 17.9 Å². The van der Waals surface area contributed by atoms with Crippen molar-refractivity contribution in [3.8, 4) is 5.75 Å². The summed E-state index contributed by atoms with van der Waals surface area (Å²) in [6.45, 7) is 3.33. The maximum atomic E-state index is 13.3. The Morgan fingerprint density at radius 2 is 1.59 bits per heavy atom. The summed E-state index contributed by atoms with van der Waals surface area (Å²) in [6, 6.07) is 23.9. The van der Waals surface area contributed by atoms with Crippen LogP contribution in [-0.4, -0.2) is 62.9 Å². The molecule has 9 heteroatoms. The molecule has 1 amide bonds. The Bertz CT molecular complexity index is 1810. The monoisotopic (exact) mass is 543 g/mol. The minimum absolute atomic E-state index is 0.199. The van der Waals surface area contributed by atoms with Gasteiger partial charge in [0, 0.05) is 43.0 Å². The molecule has 0 aliphatic carbocycles. The number of para-hydroxylation sites is 1. The van der Waals surface area contributed by atoms with Gasteiger partial charge in [-0.2, -0.15) is 4.31 Å². The number of benzene rings is 4. The first kappa shape index (κ1) is 25.4. The zero-order chi connectivity index (χ0) is 27.1. The van der Waals surface area contributed by atoms with Gasteiger partial charge < -0.3 is 14.5 Å². The standard InChI is InChI=1S/C30H29N3O5S/c1-20(30(34)31-26-19-28-25(18-29(26)37-2)24-9-5-6-10-27(24)38-28)32-13-15-33(16-14-32)39(35,36)23-12-11-21-7-3-4-8-22(21)17-23/h3-12,17-20H,13-16H2,1-2H3,(H,31,34)/t20-/m1/s1. The summed E-state index contributed by atoms with van der Waals surface area (Å²) < 4.78 is 39.7. The second-order valence-corrected chi connectivity index (χ2v) is 11.7. The van der Waals surface area contributed by atoms with Gasteiger partial charge in [-0.3, -0.25) is 9.69 Å². The molecule has 8 nitrogen and oxygen atoms in total. The number of anilines is 1. The van der Waals surface area contributed by atoms with Crippen molar-refractivity contribution < 1.29 is 22.4 Å². The molecule has 1 aliphatic rings. The summed E-state index contributed by atoms with van der Waals surface area (Å²) in [4.78, 5) is 15.5. The molecule has 0 radical (unpaired) electrons. The van der Waals surface area contributed by atoms with Gasteiger partial charge in [0.05, 0.1) is 23.7 Å². The topological polar surface area (TPSA) is 92.1 Å². The molecule has 1 N–H and O–H groups in total. The van der Waals surface area contributed by atoms with Gasteiger partial charge in [-0.05, 0) is 42.0 Å². The van der Waals surface area contributed by atoms with Crippen LogP contribution in [0.15, 0.2) is 88.2 Å². The van der Waals surface area contributed by atoms with Gasteiger partial charge in [-0.1, -0.05) is 48.5 Å². The molecule has 0 unspecified atom stereocenters. The van der Waals surface area contributed by atoms with Crippen LogP contribution in [0.25, 0.3) is 32.7 Å². The third-order valence-electron chi connectivity index (χ3n) is 7.52. The second-order valence-electron chi connectivity index (χ2n) is 9.76. The van der Waals surface area contributed by atoms with Gasteiger partial charge in [0.2, 0.25) is 15.9 Å². The van der Waals surface area contributed by atoms with E-state index in [2.05, 4.69) is 5.32 Å². The number of nitrogens with zero attached hydrogens (tertiary/aromatic N) is 2. The average Bonchev–Trinajstić information content (AvgIpc) is 3.33. The number of hydrogen-bond acceptors (Lipinski definition) is 6. The SMILES string of the molecule is COc1cc2c(cc1NC(=O)[C@@H](C)N1CCN(S(=O)(=O)c3ccc4ccccc4c3)CC1)oc1ccccc12. The lowest BCUT2D eigenvalue weighted by Gasteiger charge is -2.36. The van der Waals surface area contributed by atoms with Crippen molar-refractivity contribution in [1.82, 2.24) is 9.21 Å². The number of nitrogens with one attached hydrogen (secondary N) is 1. The van der Waals surface area contributed by atoms with Crippen LogP contribution < -0.4 is 10.1 Å². The summed E-state index contributed by atoms with van der Waals surface area (Å²) >= 11 is 0. The highest BCUT2D eigenvalue weighted by atomic mass is 32.2. The average molecular weight is 544 g/mol. The number of hydrogen-bond donors (Lipinski definition) is 1. The molecule has 0 spiro atoms. The molecule has 2 heterocycles. The number of furan rings is 1. The number of rotatable bonds is 6. The van der Waals surface area contributed by atoms with Crippen molar-refractivity contribution in [3.05, 3.63) is 78.9 Å². The van der Waals surface area contributed by atoms with Crippen molar-refractivity contribution in [2.24, 2.45) is 0 Å². The fourth-order valence-electron chi connectivity index (χ4n) is 5.23. The molecule has 5 aromatic rings. The van der Waals surface area contributed by atoms with E-state index < -0.39 is 16.1 Å². The fraction of sp³-hybridized carbons (Fsp3) is 0.233. The van der Waals surface area contributed by atoms with Crippen LogP contribution in [0.5, 0.6) is 5.75 Å². The van der Waals surface area contributed by atoms with E-state index in [1.165, 1.54) is 4.31 Å². The third-order valence-corrected chi connectivity index (χ3v) is 9.41. The van der Waals surface area contributed by atoms with Crippen LogP contribution in [0, 0.1) is 0 Å². The first-order valence-corrected chi connectivity index (χ1v) is 14.3. The lowest BCUT2D eigenvalue weighted by Crippen LogP contribution is -2.53. The van der Waals surface area contributed by atoms with E-state index in [1.807, 2.05) is 72.5 Å². The Balaban J connectivity index is 1.15. The zero-order valence-corrected chi connectivity index (χ0v) is 22.6. The summed E-state index contributed by atoms with van der Waals surface area (Å²) in [6.07, 6.45) is 0. The number of carbonyl (C=O) groups excluding carboxylic acids is 1. The van der Waals surface area contributed by atoms with Gasteiger partial charge in [-0.25, -0.2) is 8.42 Å². The molecule has 1 aliphatic heterocycles. The van der Waals surface area contributed by atoms with E-state index in [9.17, 15) is 13.2 Å². The lowest BCUT2D eigenvalue weighted by molar-refractivity contribution is -0.121. The van der Waals surface area contributed by atoms with E-state index in [4.69, 9.17) is 9.15 Å². The van der Waals surface area contributed by atoms with Crippen LogP contribution in [0.1, 0.15) is 6.92 Å². The Kier molecular flexibility index (Phi) is 6.50. The smallest absolute Gasteiger partial charge is 0.243 e. The number of amides is 1. The third kappa shape index (κ3) is 4.63. The molecule has 0 saturated carbocycles. The van der Waals surface area contributed by atoms with Gasteiger partial charge in [0.25, 0.3) is 0 Å². The lowest BCUT2D eigenvalue weighted by atomic mass is 10.1. The largest absolute Gasteiger partial charge is 0.495 e. The molecular weight excluding hydrogens is 514 g/mol. The Hall–Kier alpha value is -3.92. The number of sulfonamides is 1. The first-order valence-electron chi connectivity index (χ1n) is 12.9. The molecule has 1 saturated heterocycles. The molecule has 0 bridgehead atoms. The highest BCUT2D eigenvalue weighted by Gasteiger charge is 2.32. The van der Waals surface area contributed by atoms with Gasteiger partial charge in [-0.15, -0.1) is 0 Å². The predicted molar refractivity (Wildman–Crippen MR) is 153 cm³/mol. The minimum Gasteiger partial charge on any atom is -0.495 e. The maximum absolute atomic E-state index is 13.3. The highest BCUT2D eigenvalue weighted by molar-refractivity contribution is 7.89. The molecule has 200 valence electrons. The van der Waals surface area contributed by atoms with E-state index >= 15 is 0 Å². The first-order chi connectivity index (χ1) is 18.8. The van der Waals surface area contributed by atoms with Crippen LogP contribution in [0.4, 0.5) is 5.69 Å². The summed E-state index contributed by atoms with van der Waals surface area (Å²) in [7, 11) is -2.07. The molecule has 4 aromatic carbocycles. The summed E-state index contributed by atoms with van der Waals surface area (Å²) in [5.74, 6) is 0.343. The van der Waals surface area contributed by atoms with Gasteiger partial charge in [0.15, 0.2) is 0 Å². The maximum Gasteiger partial charge on any atom is 0.243 e. The molecule has 6 rings (SSSR count).